The van der Waals surface area contributed by atoms with Crippen LogP contribution in [0.1, 0.15) is 5.56 Å². The minimum Gasteiger partial charge on any atom is -0.506 e. The van der Waals surface area contributed by atoms with Gasteiger partial charge in [0, 0.05) is 18.7 Å². The van der Waals surface area contributed by atoms with Gasteiger partial charge in [0.25, 0.3) is 0 Å². The molecule has 0 aliphatic heterocycles. The van der Waals surface area contributed by atoms with Gasteiger partial charge in [-0.1, -0.05) is 42.5 Å². The molecule has 0 heterocycles. The molecule has 4 atom stereocenters. The van der Waals surface area contributed by atoms with Gasteiger partial charge in [-0.2, -0.15) is 0 Å². The van der Waals surface area contributed by atoms with Crippen LogP contribution >= 0.6 is 0 Å². The highest BCUT2D eigenvalue weighted by molar-refractivity contribution is 5.93. The lowest BCUT2D eigenvalue weighted by Gasteiger charge is -2.47. The number of carbonyl (C=O) groups is 3. The van der Waals surface area contributed by atoms with Crippen molar-refractivity contribution >= 4 is 23.5 Å². The van der Waals surface area contributed by atoms with Crippen LogP contribution in [0.2, 0.25) is 0 Å². The molecule has 1 saturated carbocycles. The number of phenolic OH excluding ortho intramolecular Hbond substituents is 1. The average Bonchev–Trinajstić information content (AvgIpc) is 2.68. The lowest BCUT2D eigenvalue weighted by molar-refractivity contribution is -0.175. The molecule has 2 aromatic rings. The Labute approximate surface area is 179 Å². The summed E-state index contributed by atoms with van der Waals surface area (Å²) in [4.78, 5) is 35.5. The van der Waals surface area contributed by atoms with E-state index in [0.29, 0.717) is 0 Å². The highest BCUT2D eigenvalue weighted by atomic mass is 16.4. The number of benzene rings is 2. The fourth-order valence-electron chi connectivity index (χ4n) is 4.11. The van der Waals surface area contributed by atoms with Crippen molar-refractivity contribution in [3.8, 4) is 16.9 Å². The van der Waals surface area contributed by atoms with Crippen LogP contribution in [0.15, 0.2) is 54.7 Å². The molecule has 4 unspecified atom stereocenters. The quantitative estimate of drug-likeness (QED) is 0.431. The zero-order valence-electron chi connectivity index (χ0n) is 17.1. The van der Waals surface area contributed by atoms with Crippen LogP contribution in [0.3, 0.4) is 0 Å². The molecule has 31 heavy (non-hydrogen) atoms. The van der Waals surface area contributed by atoms with Gasteiger partial charge in [-0.25, -0.2) is 0 Å². The van der Waals surface area contributed by atoms with Crippen LogP contribution < -0.4 is 10.6 Å². The molecule has 0 spiro atoms. The number of nitrogens with one attached hydrogen (secondary N) is 2. The van der Waals surface area contributed by atoms with E-state index in [-0.39, 0.29) is 17.1 Å². The van der Waals surface area contributed by atoms with Crippen molar-refractivity contribution in [3.05, 3.63) is 60.3 Å². The lowest BCUT2D eigenvalue weighted by Crippen LogP contribution is -2.60. The van der Waals surface area contributed by atoms with Gasteiger partial charge in [-0.05, 0) is 30.2 Å². The van der Waals surface area contributed by atoms with E-state index >= 15 is 0 Å². The predicted molar refractivity (Wildman–Crippen MR) is 114 cm³/mol. The number of rotatable bonds is 7. The molecular weight excluding hydrogens is 400 g/mol. The van der Waals surface area contributed by atoms with Crippen molar-refractivity contribution in [2.24, 2.45) is 23.7 Å². The van der Waals surface area contributed by atoms with E-state index < -0.39 is 41.5 Å². The maximum atomic E-state index is 12.3. The van der Waals surface area contributed by atoms with Crippen molar-refractivity contribution in [2.45, 2.75) is 6.92 Å². The van der Waals surface area contributed by atoms with Gasteiger partial charge < -0.3 is 26.0 Å². The number of aromatic hydroxyl groups is 1. The Kier molecular flexibility index (Phi) is 6.01. The monoisotopic (exact) mass is 424 g/mol. The number of anilines is 1. The third kappa shape index (κ3) is 4.09. The number of hydrogen-bond donors (Lipinski definition) is 5. The summed E-state index contributed by atoms with van der Waals surface area (Å²) in [6.45, 7) is 5.82. The Morgan fingerprint density at radius 2 is 1.42 bits per heavy atom. The van der Waals surface area contributed by atoms with Crippen LogP contribution in [-0.2, 0) is 14.4 Å². The molecule has 0 radical (unpaired) electrons. The lowest BCUT2D eigenvalue weighted by atomic mass is 9.55. The molecule has 8 heteroatoms. The van der Waals surface area contributed by atoms with E-state index in [1.807, 2.05) is 31.2 Å². The van der Waals surface area contributed by atoms with Crippen LogP contribution in [0.5, 0.6) is 5.75 Å². The molecule has 1 aliphatic rings. The first-order valence-corrected chi connectivity index (χ1v) is 9.68. The molecule has 0 bridgehead atoms. The molecule has 1 aliphatic carbocycles. The van der Waals surface area contributed by atoms with Gasteiger partial charge in [0.2, 0.25) is 5.91 Å². The summed E-state index contributed by atoms with van der Waals surface area (Å²) in [5, 5.41) is 34.7. The molecule has 0 saturated heterocycles. The number of hydrogen-bond acceptors (Lipinski definition) is 5. The van der Waals surface area contributed by atoms with E-state index in [9.17, 15) is 29.7 Å². The van der Waals surface area contributed by atoms with Crippen molar-refractivity contribution in [1.29, 1.82) is 0 Å². The standard InChI is InChI=1S/C23H24N2O6/c1-11-4-6-13(7-5-11)14-8-9-15(16(26)10-14)25-12(2)17-18(21(27)24-3)20(23(30)31)19(17)22(28)29/h4-10,17-20,25-26H,2H2,1,3H3,(H,24,27)(H,28,29)(H,30,31). The average molecular weight is 424 g/mol. The molecule has 5 N–H and O–H groups in total. The Bertz CT molecular complexity index is 1050. The van der Waals surface area contributed by atoms with Gasteiger partial charge in [0.05, 0.1) is 23.4 Å². The van der Waals surface area contributed by atoms with Crippen LogP contribution in [-0.4, -0.2) is 40.2 Å². The van der Waals surface area contributed by atoms with E-state index in [2.05, 4.69) is 17.2 Å². The number of carboxylic acid groups (broad SMARTS) is 2. The minimum absolute atomic E-state index is 0.0864. The first-order chi connectivity index (χ1) is 14.6. The number of aliphatic carboxylic acids is 2. The highest BCUT2D eigenvalue weighted by Crippen LogP contribution is 2.50. The summed E-state index contributed by atoms with van der Waals surface area (Å²) in [7, 11) is 1.36. The fraction of sp³-hybridized carbons (Fsp3) is 0.261. The highest BCUT2D eigenvalue weighted by Gasteiger charge is 2.61. The second-order valence-corrected chi connectivity index (χ2v) is 7.64. The Morgan fingerprint density at radius 1 is 0.871 bits per heavy atom. The smallest absolute Gasteiger partial charge is 0.308 e. The summed E-state index contributed by atoms with van der Waals surface area (Å²) < 4.78 is 0. The molecule has 0 aromatic heterocycles. The second kappa shape index (κ2) is 8.51. The summed E-state index contributed by atoms with van der Waals surface area (Å²) in [6, 6.07) is 12.7. The Hall–Kier alpha value is -3.81. The van der Waals surface area contributed by atoms with Gasteiger partial charge in [-0.15, -0.1) is 0 Å². The zero-order chi connectivity index (χ0) is 22.9. The summed E-state index contributed by atoms with van der Waals surface area (Å²) in [6.07, 6.45) is 0. The molecule has 8 nitrogen and oxygen atoms in total. The number of amides is 1. The molecular formula is C23H24N2O6. The van der Waals surface area contributed by atoms with E-state index in [1.54, 1.807) is 18.2 Å². The maximum absolute atomic E-state index is 12.3. The largest absolute Gasteiger partial charge is 0.506 e. The van der Waals surface area contributed by atoms with E-state index in [1.165, 1.54) is 7.05 Å². The van der Waals surface area contributed by atoms with Crippen LogP contribution in [0.25, 0.3) is 11.1 Å². The topological polar surface area (TPSA) is 136 Å². The van der Waals surface area contributed by atoms with Crippen molar-refractivity contribution in [3.63, 3.8) is 0 Å². The number of aryl methyl sites for hydroxylation is 1. The molecule has 1 amide bonds. The third-order valence-electron chi connectivity index (χ3n) is 5.75. The first-order valence-electron chi connectivity index (χ1n) is 9.68. The van der Waals surface area contributed by atoms with Crippen molar-refractivity contribution < 1.29 is 29.7 Å². The van der Waals surface area contributed by atoms with Crippen LogP contribution in [0, 0.1) is 30.6 Å². The van der Waals surface area contributed by atoms with E-state index in [4.69, 9.17) is 0 Å². The summed E-state index contributed by atoms with van der Waals surface area (Å²) >= 11 is 0. The Morgan fingerprint density at radius 3 is 1.94 bits per heavy atom. The molecule has 1 fully saturated rings. The van der Waals surface area contributed by atoms with Crippen LogP contribution in [0.4, 0.5) is 5.69 Å². The zero-order valence-corrected chi connectivity index (χ0v) is 17.1. The third-order valence-corrected chi connectivity index (χ3v) is 5.75. The SMILES string of the molecule is C=C(Nc1ccc(-c2ccc(C)cc2)cc1O)C1C(C(=O)O)C(C(=O)O)C1C(=O)NC. The first kappa shape index (κ1) is 21.9. The second-order valence-electron chi connectivity index (χ2n) is 7.64. The van der Waals surface area contributed by atoms with Crippen molar-refractivity contribution in [1.82, 2.24) is 5.32 Å². The Balaban J connectivity index is 1.85. The maximum Gasteiger partial charge on any atom is 0.308 e. The summed E-state index contributed by atoms with van der Waals surface area (Å²) in [5.41, 5.74) is 3.24. The minimum atomic E-state index is -1.36. The molecule has 2 aromatic carbocycles. The summed E-state index contributed by atoms with van der Waals surface area (Å²) in [5.74, 6) is -8.04. The van der Waals surface area contributed by atoms with Gasteiger partial charge in [-0.3, -0.25) is 14.4 Å². The van der Waals surface area contributed by atoms with Gasteiger partial charge >= 0.3 is 11.9 Å². The van der Waals surface area contributed by atoms with Gasteiger partial charge in [0.1, 0.15) is 5.75 Å². The molecule has 3 rings (SSSR count). The van der Waals surface area contributed by atoms with E-state index in [0.717, 1.165) is 16.7 Å². The predicted octanol–water partition coefficient (Wildman–Crippen LogP) is 2.69. The number of carboxylic acids is 2. The fourth-order valence-corrected chi connectivity index (χ4v) is 4.11. The normalized spacial score (nSPS) is 22.1. The van der Waals surface area contributed by atoms with Crippen molar-refractivity contribution in [2.75, 3.05) is 12.4 Å². The molecule has 162 valence electrons. The number of allylic oxidation sites excluding steroid dienone is 1. The number of phenols is 1. The van der Waals surface area contributed by atoms with Gasteiger partial charge in [0.15, 0.2) is 0 Å². The number of carbonyl (C=O) groups excluding carboxylic acids is 1.